The minimum atomic E-state index is -0.0546. The van der Waals surface area contributed by atoms with Crippen LogP contribution in [-0.4, -0.2) is 37.6 Å². The number of aryl methyl sites for hydroxylation is 1. The fraction of sp³-hybridized carbons (Fsp3) is 0.417. The summed E-state index contributed by atoms with van der Waals surface area (Å²) >= 11 is 3.32. The van der Waals surface area contributed by atoms with Crippen molar-refractivity contribution in [3.05, 3.63) is 34.1 Å². The van der Waals surface area contributed by atoms with Gasteiger partial charge in [0.1, 0.15) is 11.5 Å². The van der Waals surface area contributed by atoms with Crippen molar-refractivity contribution in [1.29, 1.82) is 0 Å². The van der Waals surface area contributed by atoms with Gasteiger partial charge in [0.25, 0.3) is 5.91 Å². The third-order valence-electron chi connectivity index (χ3n) is 3.29. The average molecular weight is 324 g/mol. The lowest BCUT2D eigenvalue weighted by Gasteiger charge is -2.15. The van der Waals surface area contributed by atoms with Crippen molar-refractivity contribution in [3.8, 4) is 0 Å². The summed E-state index contributed by atoms with van der Waals surface area (Å²) in [6.45, 7) is 1.43. The Balaban J connectivity index is 1.74. The molecule has 1 aliphatic rings. The highest BCUT2D eigenvalue weighted by Gasteiger charge is 2.20. The zero-order chi connectivity index (χ0) is 13.4. The van der Waals surface area contributed by atoms with Crippen LogP contribution in [0.15, 0.2) is 16.7 Å². The summed E-state index contributed by atoms with van der Waals surface area (Å²) in [6, 6.07) is 1.77. The number of amides is 1. The Morgan fingerprint density at radius 1 is 1.58 bits per heavy atom. The van der Waals surface area contributed by atoms with Gasteiger partial charge >= 0.3 is 0 Å². The molecule has 1 N–H and O–H groups in total. The number of carbonyl (C=O) groups is 1. The van der Waals surface area contributed by atoms with Crippen LogP contribution in [0.4, 0.5) is 0 Å². The lowest BCUT2D eigenvalue weighted by Crippen LogP contribution is -2.28. The maximum atomic E-state index is 12.2. The van der Waals surface area contributed by atoms with Crippen LogP contribution in [0, 0.1) is 0 Å². The predicted octanol–water partition coefficient (Wildman–Crippen LogP) is 1.59. The molecule has 2 aromatic heterocycles. The smallest absolute Gasteiger partial charge is 0.270 e. The number of rotatable bonds is 3. The summed E-state index contributed by atoms with van der Waals surface area (Å²) in [4.78, 5) is 16.8. The number of nitrogens with zero attached hydrogens (tertiary/aromatic N) is 4. The monoisotopic (exact) mass is 323 g/mol. The topological polar surface area (TPSA) is 66.8 Å². The van der Waals surface area contributed by atoms with Gasteiger partial charge in [-0.1, -0.05) is 0 Å². The summed E-state index contributed by atoms with van der Waals surface area (Å²) < 4.78 is 2.97. The van der Waals surface area contributed by atoms with Gasteiger partial charge in [-0.3, -0.25) is 4.79 Å². The van der Waals surface area contributed by atoms with E-state index < -0.39 is 0 Å². The minimum Gasteiger partial charge on any atom is -0.356 e. The minimum absolute atomic E-state index is 0.0546. The van der Waals surface area contributed by atoms with Crippen molar-refractivity contribution in [1.82, 2.24) is 24.6 Å². The van der Waals surface area contributed by atoms with Crippen molar-refractivity contribution >= 4 is 21.8 Å². The summed E-state index contributed by atoms with van der Waals surface area (Å²) in [5.41, 5.74) is 0.565. The van der Waals surface area contributed by atoms with Crippen molar-refractivity contribution in [3.63, 3.8) is 0 Å². The number of aromatic nitrogens is 4. The van der Waals surface area contributed by atoms with Gasteiger partial charge in [-0.15, -0.1) is 10.2 Å². The second-order valence-electron chi connectivity index (χ2n) is 4.68. The molecule has 0 unspecified atom stereocenters. The largest absolute Gasteiger partial charge is 0.356 e. The van der Waals surface area contributed by atoms with Gasteiger partial charge in [-0.25, -0.2) is 0 Å². The van der Waals surface area contributed by atoms with Gasteiger partial charge in [0, 0.05) is 30.7 Å². The molecule has 0 radical (unpaired) electrons. The number of carbonyl (C=O) groups excluding carboxylic acids is 1. The third-order valence-corrected chi connectivity index (χ3v) is 3.75. The highest BCUT2D eigenvalue weighted by Crippen LogP contribution is 2.16. The number of H-pyrrole nitrogens is 1. The predicted molar refractivity (Wildman–Crippen MR) is 72.6 cm³/mol. The molecule has 0 saturated heterocycles. The lowest BCUT2D eigenvalue weighted by atomic mass is 10.3. The molecule has 0 fully saturated rings. The molecular weight excluding hydrogens is 310 g/mol. The number of hydrogen-bond acceptors (Lipinski definition) is 3. The molecule has 0 atom stereocenters. The van der Waals surface area contributed by atoms with E-state index in [1.807, 2.05) is 0 Å². The summed E-state index contributed by atoms with van der Waals surface area (Å²) in [7, 11) is 1.77. The first-order valence-electron chi connectivity index (χ1n) is 6.15. The molecule has 1 amide bonds. The Morgan fingerprint density at radius 3 is 3.16 bits per heavy atom. The van der Waals surface area contributed by atoms with E-state index in [0.717, 1.165) is 35.5 Å². The van der Waals surface area contributed by atoms with E-state index in [1.54, 1.807) is 24.2 Å². The average Bonchev–Trinajstić information content (AvgIpc) is 3.06. The number of aromatic amines is 1. The Labute approximate surface area is 118 Å². The van der Waals surface area contributed by atoms with Crippen LogP contribution in [0.25, 0.3) is 0 Å². The highest BCUT2D eigenvalue weighted by atomic mass is 79.9. The molecule has 19 heavy (non-hydrogen) atoms. The molecule has 100 valence electrons. The zero-order valence-corrected chi connectivity index (χ0v) is 12.1. The van der Waals surface area contributed by atoms with Crippen molar-refractivity contribution in [2.24, 2.45) is 0 Å². The van der Waals surface area contributed by atoms with E-state index in [4.69, 9.17) is 0 Å². The van der Waals surface area contributed by atoms with E-state index in [1.165, 1.54) is 0 Å². The van der Waals surface area contributed by atoms with Crippen molar-refractivity contribution in [2.75, 3.05) is 7.05 Å². The Bertz CT molecular complexity index is 617. The van der Waals surface area contributed by atoms with Crippen LogP contribution in [0.3, 0.4) is 0 Å². The van der Waals surface area contributed by atoms with Crippen LogP contribution < -0.4 is 0 Å². The first kappa shape index (κ1) is 12.4. The van der Waals surface area contributed by atoms with E-state index >= 15 is 0 Å². The van der Waals surface area contributed by atoms with Crippen LogP contribution in [0.1, 0.15) is 28.6 Å². The number of nitrogens with one attached hydrogen (secondary N) is 1. The molecule has 0 bridgehead atoms. The van der Waals surface area contributed by atoms with Gasteiger partial charge in [0.05, 0.1) is 6.54 Å². The molecule has 0 spiro atoms. The van der Waals surface area contributed by atoms with Crippen LogP contribution in [-0.2, 0) is 19.5 Å². The molecule has 1 aliphatic heterocycles. The Kier molecular flexibility index (Phi) is 3.14. The number of halogens is 1. The van der Waals surface area contributed by atoms with Crippen molar-refractivity contribution < 1.29 is 4.79 Å². The van der Waals surface area contributed by atoms with Crippen LogP contribution in [0.5, 0.6) is 0 Å². The quantitative estimate of drug-likeness (QED) is 0.932. The van der Waals surface area contributed by atoms with E-state index in [9.17, 15) is 4.79 Å². The van der Waals surface area contributed by atoms with E-state index in [2.05, 4.69) is 35.7 Å². The molecule has 6 nitrogen and oxygen atoms in total. The van der Waals surface area contributed by atoms with E-state index in [0.29, 0.717) is 12.2 Å². The Hall–Kier alpha value is -1.63. The van der Waals surface area contributed by atoms with Gasteiger partial charge in [0.2, 0.25) is 0 Å². The molecule has 7 heteroatoms. The van der Waals surface area contributed by atoms with Crippen molar-refractivity contribution in [2.45, 2.75) is 25.9 Å². The first-order chi connectivity index (χ1) is 9.15. The summed E-state index contributed by atoms with van der Waals surface area (Å²) in [6.07, 6.45) is 3.84. The zero-order valence-electron chi connectivity index (χ0n) is 10.6. The number of hydrogen-bond donors (Lipinski definition) is 1. The summed E-state index contributed by atoms with van der Waals surface area (Å²) in [5, 5.41) is 8.30. The highest BCUT2D eigenvalue weighted by molar-refractivity contribution is 9.10. The second kappa shape index (κ2) is 4.80. The molecular formula is C12H14BrN5O. The lowest BCUT2D eigenvalue weighted by molar-refractivity contribution is 0.0775. The molecule has 3 heterocycles. The number of fused-ring (bicyclic) bond motifs is 1. The first-order valence-corrected chi connectivity index (χ1v) is 6.95. The fourth-order valence-corrected chi connectivity index (χ4v) is 2.65. The second-order valence-corrected chi connectivity index (χ2v) is 5.60. The van der Waals surface area contributed by atoms with Crippen LogP contribution in [0.2, 0.25) is 0 Å². The molecule has 0 aromatic carbocycles. The third kappa shape index (κ3) is 2.30. The van der Waals surface area contributed by atoms with Gasteiger partial charge in [-0.2, -0.15) is 0 Å². The van der Waals surface area contributed by atoms with Gasteiger partial charge in [0.15, 0.2) is 5.82 Å². The molecule has 0 saturated carbocycles. The van der Waals surface area contributed by atoms with Gasteiger partial charge < -0.3 is 14.5 Å². The summed E-state index contributed by atoms with van der Waals surface area (Å²) in [5.74, 6) is 1.83. The normalized spacial score (nSPS) is 13.6. The molecule has 0 aliphatic carbocycles. The fourth-order valence-electron chi connectivity index (χ4n) is 2.31. The maximum absolute atomic E-state index is 12.2. The Morgan fingerprint density at radius 2 is 2.42 bits per heavy atom. The van der Waals surface area contributed by atoms with Gasteiger partial charge in [-0.05, 0) is 28.4 Å². The molecule has 3 rings (SSSR count). The van der Waals surface area contributed by atoms with E-state index in [-0.39, 0.29) is 5.91 Å². The SMILES string of the molecule is CN(Cc1nnc2n1CCC2)C(=O)c1cc(Br)c[nH]1. The van der Waals surface area contributed by atoms with Crippen LogP contribution >= 0.6 is 15.9 Å². The molecule has 2 aromatic rings. The standard InChI is InChI=1S/C12H14BrN5O/c1-17(12(19)9-5-8(13)6-14-9)7-11-16-15-10-3-2-4-18(10)11/h5-6,14H,2-4,7H2,1H3. The maximum Gasteiger partial charge on any atom is 0.270 e.